The van der Waals surface area contributed by atoms with Crippen molar-refractivity contribution in [2.45, 2.75) is 25.9 Å². The van der Waals surface area contributed by atoms with E-state index >= 15 is 0 Å². The van der Waals surface area contributed by atoms with Crippen LogP contribution in [0.15, 0.2) is 24.3 Å². The number of carbonyl (C=O) groups is 1. The number of carbonyl (C=O) groups excluding carboxylic acids is 1. The second-order valence-corrected chi connectivity index (χ2v) is 5.62. The molecule has 2 unspecified atom stereocenters. The van der Waals surface area contributed by atoms with E-state index in [4.69, 9.17) is 4.74 Å². The maximum atomic E-state index is 11.9. The average molecular weight is 292 g/mol. The van der Waals surface area contributed by atoms with Crippen LogP contribution in [0.5, 0.6) is 5.75 Å². The summed E-state index contributed by atoms with van der Waals surface area (Å²) < 4.78 is 5.08. The summed E-state index contributed by atoms with van der Waals surface area (Å²) in [5, 5.41) is 12.4. The predicted octanol–water partition coefficient (Wildman–Crippen LogP) is 1.73. The molecule has 1 saturated heterocycles. The van der Waals surface area contributed by atoms with Crippen LogP contribution < -0.4 is 10.1 Å². The van der Waals surface area contributed by atoms with Crippen molar-refractivity contribution in [1.82, 2.24) is 4.90 Å². The summed E-state index contributed by atoms with van der Waals surface area (Å²) in [5.41, 5.74) is 0.782. The Morgan fingerprint density at radius 2 is 2.19 bits per heavy atom. The Bertz CT molecular complexity index is 459. The van der Waals surface area contributed by atoms with E-state index in [0.717, 1.165) is 37.5 Å². The van der Waals surface area contributed by atoms with E-state index in [1.807, 2.05) is 31.2 Å². The molecule has 1 aromatic carbocycles. The smallest absolute Gasteiger partial charge is 0.225 e. The Labute approximate surface area is 125 Å². The molecule has 1 amide bonds. The molecule has 2 rings (SSSR count). The molecule has 0 radical (unpaired) electrons. The van der Waals surface area contributed by atoms with Gasteiger partial charge in [-0.1, -0.05) is 0 Å². The van der Waals surface area contributed by atoms with Crippen LogP contribution in [0.3, 0.4) is 0 Å². The zero-order valence-electron chi connectivity index (χ0n) is 12.7. The highest BCUT2D eigenvalue weighted by Crippen LogP contribution is 2.20. The molecule has 2 atom stereocenters. The van der Waals surface area contributed by atoms with Crippen molar-refractivity contribution in [3.63, 3.8) is 0 Å². The molecule has 1 aromatic rings. The van der Waals surface area contributed by atoms with Gasteiger partial charge in [-0.3, -0.25) is 4.79 Å². The fourth-order valence-electron chi connectivity index (χ4n) is 2.62. The second kappa shape index (κ2) is 7.43. The van der Waals surface area contributed by atoms with Crippen LogP contribution >= 0.6 is 0 Å². The van der Waals surface area contributed by atoms with Crippen LogP contribution in [0.25, 0.3) is 0 Å². The van der Waals surface area contributed by atoms with Gasteiger partial charge in [0.1, 0.15) is 5.75 Å². The topological polar surface area (TPSA) is 61.8 Å². The highest BCUT2D eigenvalue weighted by Gasteiger charge is 2.25. The zero-order chi connectivity index (χ0) is 15.2. The number of nitrogens with one attached hydrogen (secondary N) is 1. The summed E-state index contributed by atoms with van der Waals surface area (Å²) in [7, 11) is 1.62. The van der Waals surface area contributed by atoms with E-state index in [2.05, 4.69) is 10.2 Å². The molecule has 1 fully saturated rings. The number of aliphatic hydroxyl groups excluding tert-OH is 1. The van der Waals surface area contributed by atoms with Crippen molar-refractivity contribution >= 4 is 11.6 Å². The Kier molecular flexibility index (Phi) is 5.59. The van der Waals surface area contributed by atoms with E-state index in [-0.39, 0.29) is 12.0 Å². The zero-order valence-corrected chi connectivity index (χ0v) is 12.7. The highest BCUT2D eigenvalue weighted by atomic mass is 16.5. The van der Waals surface area contributed by atoms with Gasteiger partial charge in [0.2, 0.25) is 5.91 Å². The van der Waals surface area contributed by atoms with Crippen molar-refractivity contribution in [3.05, 3.63) is 24.3 Å². The lowest BCUT2D eigenvalue weighted by atomic mass is 10.0. The van der Waals surface area contributed by atoms with Gasteiger partial charge in [0.05, 0.1) is 13.2 Å². The summed E-state index contributed by atoms with van der Waals surface area (Å²) in [5.74, 6) is 1.13. The highest BCUT2D eigenvalue weighted by molar-refractivity contribution is 5.90. The molecular weight excluding hydrogens is 268 g/mol. The molecule has 2 N–H and O–H groups in total. The van der Waals surface area contributed by atoms with Gasteiger partial charge >= 0.3 is 0 Å². The van der Waals surface area contributed by atoms with Gasteiger partial charge in [0.15, 0.2) is 0 Å². The molecule has 0 aliphatic carbocycles. The number of hydrogen-bond acceptors (Lipinski definition) is 4. The second-order valence-electron chi connectivity index (χ2n) is 5.62. The normalized spacial score (nSPS) is 20.2. The monoisotopic (exact) mass is 292 g/mol. The lowest BCUT2D eigenvalue weighted by molar-refractivity contribution is -0.116. The Morgan fingerprint density at radius 1 is 1.48 bits per heavy atom. The average Bonchev–Trinajstić information content (AvgIpc) is 2.95. The minimum Gasteiger partial charge on any atom is -0.497 e. The molecule has 0 aromatic heterocycles. The summed E-state index contributed by atoms with van der Waals surface area (Å²) in [6.07, 6.45) is 1.22. The maximum Gasteiger partial charge on any atom is 0.225 e. The van der Waals surface area contributed by atoms with E-state index in [1.54, 1.807) is 7.11 Å². The summed E-state index contributed by atoms with van der Waals surface area (Å²) >= 11 is 0. The molecule has 1 aliphatic heterocycles. The molecule has 0 bridgehead atoms. The summed E-state index contributed by atoms with van der Waals surface area (Å²) in [6.45, 7) is 4.43. The maximum absolute atomic E-state index is 11.9. The van der Waals surface area contributed by atoms with E-state index in [9.17, 15) is 9.90 Å². The van der Waals surface area contributed by atoms with Gasteiger partial charge < -0.3 is 20.1 Å². The van der Waals surface area contributed by atoms with Gasteiger partial charge in [-0.05, 0) is 50.1 Å². The molecule has 1 aliphatic rings. The number of ether oxygens (including phenoxy) is 1. The standard InChI is InChI=1S/C16H24N2O3/c1-12(19)13-7-9-18(11-13)10-8-16(20)17-14-3-5-15(21-2)6-4-14/h3-6,12-13,19H,7-11H2,1-2H3,(H,17,20). The lowest BCUT2D eigenvalue weighted by Crippen LogP contribution is -2.27. The third-order valence-corrected chi connectivity index (χ3v) is 4.02. The number of rotatable bonds is 6. The largest absolute Gasteiger partial charge is 0.497 e. The number of methoxy groups -OCH3 is 1. The molecule has 0 saturated carbocycles. The van der Waals surface area contributed by atoms with Crippen molar-refractivity contribution < 1.29 is 14.6 Å². The SMILES string of the molecule is COc1ccc(NC(=O)CCN2CCC(C(C)O)C2)cc1. The van der Waals surface area contributed by atoms with Gasteiger partial charge in [-0.15, -0.1) is 0 Å². The van der Waals surface area contributed by atoms with Gasteiger partial charge in [0, 0.05) is 25.2 Å². The summed E-state index contributed by atoms with van der Waals surface area (Å²) in [4.78, 5) is 14.2. The minimum atomic E-state index is -0.261. The molecular formula is C16H24N2O3. The van der Waals surface area contributed by atoms with Crippen LogP contribution in [0.2, 0.25) is 0 Å². The molecule has 5 heteroatoms. The van der Waals surface area contributed by atoms with Crippen LogP contribution in [-0.4, -0.2) is 48.8 Å². The first-order chi connectivity index (χ1) is 10.1. The van der Waals surface area contributed by atoms with Gasteiger partial charge in [0.25, 0.3) is 0 Å². The number of benzene rings is 1. The van der Waals surface area contributed by atoms with Gasteiger partial charge in [-0.2, -0.15) is 0 Å². The predicted molar refractivity (Wildman–Crippen MR) is 82.5 cm³/mol. The van der Waals surface area contributed by atoms with Crippen molar-refractivity contribution in [2.24, 2.45) is 5.92 Å². The van der Waals surface area contributed by atoms with Crippen molar-refractivity contribution in [1.29, 1.82) is 0 Å². The minimum absolute atomic E-state index is 0.0145. The first kappa shape index (κ1) is 15.8. The molecule has 116 valence electrons. The number of nitrogens with zero attached hydrogens (tertiary/aromatic N) is 1. The summed E-state index contributed by atoms with van der Waals surface area (Å²) in [6, 6.07) is 7.30. The van der Waals surface area contributed by atoms with E-state index < -0.39 is 0 Å². The van der Waals surface area contributed by atoms with Crippen molar-refractivity contribution in [2.75, 3.05) is 32.1 Å². The number of aliphatic hydroxyl groups is 1. The Balaban J connectivity index is 1.72. The Hall–Kier alpha value is -1.59. The number of anilines is 1. The van der Waals surface area contributed by atoms with Crippen LogP contribution in [0.4, 0.5) is 5.69 Å². The number of hydrogen-bond donors (Lipinski definition) is 2. The third-order valence-electron chi connectivity index (χ3n) is 4.02. The molecule has 1 heterocycles. The number of likely N-dealkylation sites (tertiary alicyclic amines) is 1. The fourth-order valence-corrected chi connectivity index (χ4v) is 2.62. The van der Waals surface area contributed by atoms with E-state index in [0.29, 0.717) is 12.3 Å². The van der Waals surface area contributed by atoms with Crippen LogP contribution in [0.1, 0.15) is 19.8 Å². The lowest BCUT2D eigenvalue weighted by Gasteiger charge is -2.17. The third kappa shape index (κ3) is 4.72. The van der Waals surface area contributed by atoms with Crippen molar-refractivity contribution in [3.8, 4) is 5.75 Å². The van der Waals surface area contributed by atoms with Crippen LogP contribution in [-0.2, 0) is 4.79 Å². The first-order valence-corrected chi connectivity index (χ1v) is 7.43. The first-order valence-electron chi connectivity index (χ1n) is 7.43. The molecule has 21 heavy (non-hydrogen) atoms. The molecule has 0 spiro atoms. The molecule has 5 nitrogen and oxygen atoms in total. The Morgan fingerprint density at radius 3 is 2.76 bits per heavy atom. The quantitative estimate of drug-likeness (QED) is 0.838. The van der Waals surface area contributed by atoms with Gasteiger partial charge in [-0.25, -0.2) is 0 Å². The van der Waals surface area contributed by atoms with Crippen LogP contribution in [0, 0.1) is 5.92 Å². The fraction of sp³-hybridized carbons (Fsp3) is 0.562. The number of amides is 1. The van der Waals surface area contributed by atoms with E-state index in [1.165, 1.54) is 0 Å².